The zero-order valence-electron chi connectivity index (χ0n) is 15.0. The van der Waals surface area contributed by atoms with Gasteiger partial charge in [-0.2, -0.15) is 10.3 Å². The second-order valence-electron chi connectivity index (χ2n) is 6.73. The zero-order valence-corrected chi connectivity index (χ0v) is 15.0. The molecule has 1 fully saturated rings. The summed E-state index contributed by atoms with van der Waals surface area (Å²) in [4.78, 5) is 15.2. The molecule has 4 heterocycles. The number of anilines is 2. The number of carbonyl (C=O) groups excluding carboxylic acids is 1. The van der Waals surface area contributed by atoms with Gasteiger partial charge in [-0.1, -0.05) is 0 Å². The fourth-order valence-corrected chi connectivity index (χ4v) is 3.50. The van der Waals surface area contributed by atoms with Crippen LogP contribution >= 0.6 is 0 Å². The summed E-state index contributed by atoms with van der Waals surface area (Å²) in [5.41, 5.74) is 3.97. The van der Waals surface area contributed by atoms with E-state index in [4.69, 9.17) is 0 Å². The number of nitrogens with zero attached hydrogens (tertiary/aromatic N) is 6. The highest BCUT2D eigenvalue weighted by atomic mass is 16.1. The lowest BCUT2D eigenvalue weighted by atomic mass is 10.2. The Morgan fingerprint density at radius 2 is 1.93 bits per heavy atom. The number of hydrogen-bond donors (Lipinski definition) is 2. The lowest BCUT2D eigenvalue weighted by Gasteiger charge is -2.17. The molecule has 9 heteroatoms. The molecule has 1 saturated heterocycles. The first-order valence-electron chi connectivity index (χ1n) is 9.15. The van der Waals surface area contributed by atoms with Crippen molar-refractivity contribution in [2.75, 3.05) is 23.3 Å². The SMILES string of the molecule is O=C(Nc1ccc(-c2nn[nH]n2)cc1)c1cnn2ccc(N3CCCC3)cc12. The third-order valence-electron chi connectivity index (χ3n) is 4.97. The summed E-state index contributed by atoms with van der Waals surface area (Å²) in [5.74, 6) is 0.316. The predicted octanol–water partition coefficient (Wildman–Crippen LogP) is 2.37. The Kier molecular flexibility index (Phi) is 3.97. The minimum Gasteiger partial charge on any atom is -0.371 e. The van der Waals surface area contributed by atoms with Gasteiger partial charge in [0, 0.05) is 36.2 Å². The Balaban J connectivity index is 1.38. The summed E-state index contributed by atoms with van der Waals surface area (Å²) in [6.07, 6.45) is 5.92. The quantitative estimate of drug-likeness (QED) is 0.568. The van der Waals surface area contributed by atoms with Crippen LogP contribution < -0.4 is 10.2 Å². The third-order valence-corrected chi connectivity index (χ3v) is 4.97. The highest BCUT2D eigenvalue weighted by molar-refractivity contribution is 6.09. The first kappa shape index (κ1) is 16.4. The molecule has 0 aliphatic carbocycles. The first-order chi connectivity index (χ1) is 13.8. The fourth-order valence-electron chi connectivity index (χ4n) is 3.50. The monoisotopic (exact) mass is 374 g/mol. The molecule has 0 unspecified atom stereocenters. The number of amides is 1. The maximum atomic E-state index is 12.8. The number of fused-ring (bicyclic) bond motifs is 1. The van der Waals surface area contributed by atoms with Gasteiger partial charge in [0.15, 0.2) is 0 Å². The number of pyridine rings is 1. The summed E-state index contributed by atoms with van der Waals surface area (Å²) < 4.78 is 1.73. The lowest BCUT2D eigenvalue weighted by molar-refractivity contribution is 0.102. The van der Waals surface area contributed by atoms with Crippen molar-refractivity contribution in [1.29, 1.82) is 0 Å². The maximum Gasteiger partial charge on any atom is 0.259 e. The molecule has 2 N–H and O–H groups in total. The summed E-state index contributed by atoms with van der Waals surface area (Å²) in [6.45, 7) is 2.11. The van der Waals surface area contributed by atoms with E-state index in [9.17, 15) is 4.79 Å². The molecule has 1 aliphatic rings. The molecule has 0 saturated carbocycles. The largest absolute Gasteiger partial charge is 0.371 e. The maximum absolute atomic E-state index is 12.8. The van der Waals surface area contributed by atoms with Crippen molar-refractivity contribution in [1.82, 2.24) is 30.2 Å². The van der Waals surface area contributed by atoms with Crippen molar-refractivity contribution in [3.8, 4) is 11.4 Å². The van der Waals surface area contributed by atoms with E-state index in [0.717, 1.165) is 29.9 Å². The highest BCUT2D eigenvalue weighted by Gasteiger charge is 2.17. The van der Waals surface area contributed by atoms with E-state index in [0.29, 0.717) is 17.1 Å². The number of hydrogen-bond acceptors (Lipinski definition) is 6. The number of aromatic amines is 1. The van der Waals surface area contributed by atoms with E-state index in [1.807, 2.05) is 42.6 Å². The molecular formula is C19H18N8O. The van der Waals surface area contributed by atoms with Crippen molar-refractivity contribution in [2.24, 2.45) is 0 Å². The molecular weight excluding hydrogens is 356 g/mol. The lowest BCUT2D eigenvalue weighted by Crippen LogP contribution is -2.18. The Morgan fingerprint density at radius 3 is 2.68 bits per heavy atom. The van der Waals surface area contributed by atoms with Crippen LogP contribution in [0.3, 0.4) is 0 Å². The van der Waals surface area contributed by atoms with Gasteiger partial charge in [-0.25, -0.2) is 4.52 Å². The van der Waals surface area contributed by atoms with Gasteiger partial charge in [0.1, 0.15) is 0 Å². The fraction of sp³-hybridized carbons (Fsp3) is 0.211. The van der Waals surface area contributed by atoms with Crippen LogP contribution in [-0.4, -0.2) is 49.2 Å². The number of H-pyrrole nitrogens is 1. The summed E-state index contributed by atoms with van der Waals surface area (Å²) in [7, 11) is 0. The van der Waals surface area contributed by atoms with E-state index in [2.05, 4.69) is 35.9 Å². The van der Waals surface area contributed by atoms with E-state index in [1.165, 1.54) is 12.8 Å². The Hall–Kier alpha value is -3.75. The van der Waals surface area contributed by atoms with Gasteiger partial charge >= 0.3 is 0 Å². The van der Waals surface area contributed by atoms with Gasteiger partial charge in [-0.15, -0.1) is 10.2 Å². The minimum atomic E-state index is -0.194. The van der Waals surface area contributed by atoms with Crippen LogP contribution in [0.25, 0.3) is 16.9 Å². The smallest absolute Gasteiger partial charge is 0.259 e. The second kappa shape index (κ2) is 6.76. The average molecular weight is 374 g/mol. The molecule has 1 aliphatic heterocycles. The zero-order chi connectivity index (χ0) is 18.9. The standard InChI is InChI=1S/C19H18N8O/c28-19(21-14-5-3-13(4-6-14)18-22-24-25-23-18)16-12-20-27-10-7-15(11-17(16)27)26-8-1-2-9-26/h3-7,10-12H,1-2,8-9H2,(H,21,28)(H,22,23,24,25). The van der Waals surface area contributed by atoms with Gasteiger partial charge in [-0.05, 0) is 54.5 Å². The van der Waals surface area contributed by atoms with E-state index >= 15 is 0 Å². The van der Waals surface area contributed by atoms with Crippen LogP contribution in [0.2, 0.25) is 0 Å². The molecule has 0 atom stereocenters. The van der Waals surface area contributed by atoms with Crippen molar-refractivity contribution in [3.63, 3.8) is 0 Å². The second-order valence-corrected chi connectivity index (χ2v) is 6.73. The van der Waals surface area contributed by atoms with Gasteiger partial charge in [0.25, 0.3) is 5.91 Å². The summed E-state index contributed by atoms with van der Waals surface area (Å²) >= 11 is 0. The van der Waals surface area contributed by atoms with Gasteiger partial charge < -0.3 is 10.2 Å². The normalized spacial score (nSPS) is 13.9. The minimum absolute atomic E-state index is 0.194. The van der Waals surface area contributed by atoms with Crippen molar-refractivity contribution in [2.45, 2.75) is 12.8 Å². The average Bonchev–Trinajstić information content (AvgIpc) is 3.49. The highest BCUT2D eigenvalue weighted by Crippen LogP contribution is 2.24. The van der Waals surface area contributed by atoms with E-state index in [-0.39, 0.29) is 5.91 Å². The number of nitrogens with one attached hydrogen (secondary N) is 2. The first-order valence-corrected chi connectivity index (χ1v) is 9.15. The molecule has 9 nitrogen and oxygen atoms in total. The number of benzene rings is 1. The van der Waals surface area contributed by atoms with Crippen molar-refractivity contribution in [3.05, 3.63) is 54.4 Å². The topological polar surface area (TPSA) is 104 Å². The Morgan fingerprint density at radius 1 is 1.11 bits per heavy atom. The van der Waals surface area contributed by atoms with E-state index < -0.39 is 0 Å². The molecule has 1 aromatic carbocycles. The summed E-state index contributed by atoms with van der Waals surface area (Å²) in [6, 6.07) is 11.4. The molecule has 28 heavy (non-hydrogen) atoms. The van der Waals surface area contributed by atoms with Gasteiger partial charge in [0.2, 0.25) is 5.82 Å². The van der Waals surface area contributed by atoms with Crippen LogP contribution in [-0.2, 0) is 0 Å². The number of tetrazole rings is 1. The molecule has 0 bridgehead atoms. The van der Waals surface area contributed by atoms with E-state index in [1.54, 1.807) is 10.7 Å². The van der Waals surface area contributed by atoms with Gasteiger partial charge in [0.05, 0.1) is 17.3 Å². The molecule has 1 amide bonds. The van der Waals surface area contributed by atoms with Crippen molar-refractivity contribution >= 4 is 22.8 Å². The number of aromatic nitrogens is 6. The molecule has 0 radical (unpaired) electrons. The van der Waals surface area contributed by atoms with Crippen LogP contribution in [0.4, 0.5) is 11.4 Å². The molecule has 140 valence electrons. The molecule has 0 spiro atoms. The number of carbonyl (C=O) groups is 1. The van der Waals surface area contributed by atoms with Crippen LogP contribution in [0.1, 0.15) is 23.2 Å². The Bertz CT molecular complexity index is 1110. The third kappa shape index (κ3) is 2.96. The van der Waals surface area contributed by atoms with Gasteiger partial charge in [-0.3, -0.25) is 4.79 Å². The Labute approximate surface area is 160 Å². The molecule has 5 rings (SSSR count). The van der Waals surface area contributed by atoms with Crippen LogP contribution in [0.5, 0.6) is 0 Å². The number of rotatable bonds is 4. The van der Waals surface area contributed by atoms with Crippen LogP contribution in [0, 0.1) is 0 Å². The molecule has 3 aromatic heterocycles. The predicted molar refractivity (Wildman–Crippen MR) is 104 cm³/mol. The molecule has 4 aromatic rings. The van der Waals surface area contributed by atoms with Crippen molar-refractivity contribution < 1.29 is 4.79 Å². The van der Waals surface area contributed by atoms with Crippen LogP contribution in [0.15, 0.2) is 48.8 Å². The summed E-state index contributed by atoms with van der Waals surface area (Å²) in [5, 5.41) is 21.1.